The molecule has 0 heterocycles. The van der Waals surface area contributed by atoms with Crippen LogP contribution in [0.4, 0.5) is 0 Å². The molecule has 0 aromatic heterocycles. The second-order valence-electron chi connectivity index (χ2n) is 12.9. The Bertz CT molecular complexity index is 389. The lowest BCUT2D eigenvalue weighted by atomic mass is 10.0. The van der Waals surface area contributed by atoms with E-state index in [-0.39, 0.29) is 0 Å². The highest BCUT2D eigenvalue weighted by molar-refractivity contribution is 6.69. The van der Waals surface area contributed by atoms with E-state index in [2.05, 4.69) is 26.6 Å². The number of unbranched alkanes of at least 4 members (excludes halogenated alkanes) is 28. The molecule has 0 N–H and O–H groups in total. The van der Waals surface area contributed by atoms with Gasteiger partial charge >= 0.3 is 0 Å². The summed E-state index contributed by atoms with van der Waals surface area (Å²) in [4.78, 5) is 0. The molecule has 0 aliphatic heterocycles. The third-order valence-electron chi connectivity index (χ3n) is 7.78. The fraction of sp³-hybridized carbons (Fsp3) is 1.00. The molecule has 0 saturated heterocycles. The van der Waals surface area contributed by atoms with Gasteiger partial charge in [0.1, 0.15) is 0 Å². The quantitative estimate of drug-likeness (QED) is 0.0647. The SMILES string of the molecule is CCCCCCCCCCCCCCCCCCCCCCCCCCCCCCCO[Si](C)(C)C. The van der Waals surface area contributed by atoms with Gasteiger partial charge in [-0.2, -0.15) is 0 Å². The van der Waals surface area contributed by atoms with Gasteiger partial charge in [-0.25, -0.2) is 0 Å². The van der Waals surface area contributed by atoms with Gasteiger partial charge < -0.3 is 4.43 Å². The maximum Gasteiger partial charge on any atom is 0.183 e. The molecular formula is C34H72OSi. The molecule has 0 unspecified atom stereocenters. The lowest BCUT2D eigenvalue weighted by molar-refractivity contribution is 0.298. The minimum atomic E-state index is -1.28. The molecule has 0 atom stereocenters. The van der Waals surface area contributed by atoms with Gasteiger partial charge in [-0.1, -0.05) is 187 Å². The van der Waals surface area contributed by atoms with Crippen LogP contribution in [0.5, 0.6) is 0 Å². The van der Waals surface area contributed by atoms with E-state index in [9.17, 15) is 0 Å². The lowest BCUT2D eigenvalue weighted by Crippen LogP contribution is -2.25. The van der Waals surface area contributed by atoms with Crippen LogP contribution in [-0.2, 0) is 4.43 Å². The van der Waals surface area contributed by atoms with Gasteiger partial charge in [0.25, 0.3) is 0 Å². The van der Waals surface area contributed by atoms with Crippen molar-refractivity contribution in [3.63, 3.8) is 0 Å². The summed E-state index contributed by atoms with van der Waals surface area (Å²) in [5, 5.41) is 0. The van der Waals surface area contributed by atoms with Gasteiger partial charge in [0.15, 0.2) is 8.32 Å². The van der Waals surface area contributed by atoms with Crippen LogP contribution < -0.4 is 0 Å². The van der Waals surface area contributed by atoms with E-state index in [0.717, 1.165) is 6.61 Å². The van der Waals surface area contributed by atoms with Crippen LogP contribution >= 0.6 is 0 Å². The minimum absolute atomic E-state index is 0.995. The summed E-state index contributed by atoms with van der Waals surface area (Å²) in [6, 6.07) is 0. The first-order chi connectivity index (χ1) is 17.6. The Morgan fingerprint density at radius 3 is 0.694 bits per heavy atom. The molecule has 0 amide bonds. The molecule has 0 aromatic rings. The molecule has 1 nitrogen and oxygen atoms in total. The zero-order chi connectivity index (χ0) is 26.4. The van der Waals surface area contributed by atoms with Gasteiger partial charge in [-0.3, -0.25) is 0 Å². The van der Waals surface area contributed by atoms with Crippen LogP contribution in [-0.4, -0.2) is 14.9 Å². The first-order valence-corrected chi connectivity index (χ1v) is 20.6. The molecule has 218 valence electrons. The Hall–Kier alpha value is 0.177. The van der Waals surface area contributed by atoms with Crippen molar-refractivity contribution in [3.05, 3.63) is 0 Å². The Morgan fingerprint density at radius 1 is 0.306 bits per heavy atom. The summed E-state index contributed by atoms with van der Waals surface area (Å²) in [5.74, 6) is 0. The Labute approximate surface area is 231 Å². The summed E-state index contributed by atoms with van der Waals surface area (Å²) in [7, 11) is -1.28. The maximum absolute atomic E-state index is 5.93. The summed E-state index contributed by atoms with van der Waals surface area (Å²) >= 11 is 0. The number of hydrogen-bond acceptors (Lipinski definition) is 1. The maximum atomic E-state index is 5.93. The second-order valence-corrected chi connectivity index (χ2v) is 17.4. The van der Waals surface area contributed by atoms with Crippen molar-refractivity contribution >= 4 is 8.32 Å². The zero-order valence-corrected chi connectivity index (χ0v) is 27.1. The Balaban J connectivity index is 3.03. The van der Waals surface area contributed by atoms with Gasteiger partial charge in [0, 0.05) is 6.61 Å². The Kier molecular flexibility index (Phi) is 29.9. The van der Waals surface area contributed by atoms with Crippen molar-refractivity contribution in [2.75, 3.05) is 6.61 Å². The number of rotatable bonds is 31. The van der Waals surface area contributed by atoms with E-state index in [1.807, 2.05) is 0 Å². The predicted octanol–water partition coefficient (Wildman–Crippen LogP) is 13.2. The molecule has 0 rings (SSSR count). The van der Waals surface area contributed by atoms with Crippen molar-refractivity contribution in [3.8, 4) is 0 Å². The molecule has 0 spiro atoms. The fourth-order valence-electron chi connectivity index (χ4n) is 5.33. The fourth-order valence-corrected chi connectivity index (χ4v) is 6.08. The van der Waals surface area contributed by atoms with Crippen LogP contribution in [0.1, 0.15) is 193 Å². The van der Waals surface area contributed by atoms with Gasteiger partial charge in [-0.15, -0.1) is 0 Å². The lowest BCUT2D eigenvalue weighted by Gasteiger charge is -2.16. The summed E-state index contributed by atoms with van der Waals surface area (Å²) in [5.41, 5.74) is 0. The largest absolute Gasteiger partial charge is 0.418 e. The van der Waals surface area contributed by atoms with E-state index >= 15 is 0 Å². The van der Waals surface area contributed by atoms with Crippen molar-refractivity contribution in [1.29, 1.82) is 0 Å². The Morgan fingerprint density at radius 2 is 0.500 bits per heavy atom. The van der Waals surface area contributed by atoms with E-state index in [1.165, 1.54) is 186 Å². The summed E-state index contributed by atoms with van der Waals surface area (Å²) < 4.78 is 5.93. The first-order valence-electron chi connectivity index (χ1n) is 17.2. The van der Waals surface area contributed by atoms with Crippen molar-refractivity contribution in [1.82, 2.24) is 0 Å². The highest BCUT2D eigenvalue weighted by Gasteiger charge is 2.12. The van der Waals surface area contributed by atoms with Crippen molar-refractivity contribution < 1.29 is 4.43 Å². The third kappa shape index (κ3) is 34.2. The molecule has 0 aromatic carbocycles. The first kappa shape index (κ1) is 36.2. The average molecular weight is 525 g/mol. The zero-order valence-electron chi connectivity index (χ0n) is 26.1. The van der Waals surface area contributed by atoms with Gasteiger partial charge in [0.05, 0.1) is 0 Å². The van der Waals surface area contributed by atoms with Crippen LogP contribution in [0.15, 0.2) is 0 Å². The minimum Gasteiger partial charge on any atom is -0.418 e. The molecule has 0 bridgehead atoms. The molecule has 0 aliphatic carbocycles. The number of hydrogen-bond donors (Lipinski definition) is 0. The summed E-state index contributed by atoms with van der Waals surface area (Å²) in [6.07, 6.45) is 42.4. The predicted molar refractivity (Wildman–Crippen MR) is 169 cm³/mol. The molecule has 0 saturated carbocycles. The third-order valence-corrected chi connectivity index (χ3v) is 8.85. The van der Waals surface area contributed by atoms with Gasteiger partial charge in [0.2, 0.25) is 0 Å². The van der Waals surface area contributed by atoms with Gasteiger partial charge in [-0.05, 0) is 26.1 Å². The molecule has 36 heavy (non-hydrogen) atoms. The topological polar surface area (TPSA) is 9.23 Å². The smallest absolute Gasteiger partial charge is 0.183 e. The van der Waals surface area contributed by atoms with Crippen LogP contribution in [0, 0.1) is 0 Å². The normalized spacial score (nSPS) is 12.0. The monoisotopic (exact) mass is 525 g/mol. The van der Waals surface area contributed by atoms with E-state index in [0.29, 0.717) is 0 Å². The molecular weight excluding hydrogens is 452 g/mol. The van der Waals surface area contributed by atoms with Crippen LogP contribution in [0.3, 0.4) is 0 Å². The summed E-state index contributed by atoms with van der Waals surface area (Å²) in [6.45, 7) is 10.2. The van der Waals surface area contributed by atoms with Crippen LogP contribution in [0.2, 0.25) is 19.6 Å². The molecule has 0 aliphatic rings. The second kappa shape index (κ2) is 29.7. The van der Waals surface area contributed by atoms with Crippen molar-refractivity contribution in [2.24, 2.45) is 0 Å². The van der Waals surface area contributed by atoms with E-state index < -0.39 is 8.32 Å². The van der Waals surface area contributed by atoms with E-state index in [1.54, 1.807) is 0 Å². The van der Waals surface area contributed by atoms with Crippen LogP contribution in [0.25, 0.3) is 0 Å². The highest BCUT2D eigenvalue weighted by atomic mass is 28.4. The van der Waals surface area contributed by atoms with Crippen molar-refractivity contribution in [2.45, 2.75) is 213 Å². The standard InChI is InChI=1S/C34H72OSi/c1-5-6-7-8-9-10-11-12-13-14-15-16-17-18-19-20-21-22-23-24-25-26-27-28-29-30-31-32-33-34-35-36(2,3)4/h5-34H2,1-4H3. The molecule has 2 heteroatoms. The average Bonchev–Trinajstić information content (AvgIpc) is 2.84. The molecule has 0 radical (unpaired) electrons. The highest BCUT2D eigenvalue weighted by Crippen LogP contribution is 2.16. The molecule has 0 fully saturated rings. The van der Waals surface area contributed by atoms with E-state index in [4.69, 9.17) is 4.43 Å².